The Morgan fingerprint density at radius 3 is 2.92 bits per heavy atom. The summed E-state index contributed by atoms with van der Waals surface area (Å²) >= 11 is 1.54. The van der Waals surface area contributed by atoms with Crippen LogP contribution in [0, 0.1) is 0 Å². The van der Waals surface area contributed by atoms with E-state index in [2.05, 4.69) is 22.3 Å². The molecule has 0 fully saturated rings. The lowest BCUT2D eigenvalue weighted by molar-refractivity contribution is -0.116. The van der Waals surface area contributed by atoms with Crippen molar-refractivity contribution in [1.82, 2.24) is 15.3 Å². The van der Waals surface area contributed by atoms with Gasteiger partial charge in [0.15, 0.2) is 11.3 Å². The number of para-hydroxylation sites is 1. The number of hydrogen-bond donors (Lipinski definition) is 1. The highest BCUT2D eigenvalue weighted by molar-refractivity contribution is 8.13. The first-order chi connectivity index (χ1) is 12.3. The SMILES string of the molecule is CCCSC1=NN2C(=c3ccccc3=N[C@@H]2c2cccnc2)C(=O)N1. The van der Waals surface area contributed by atoms with Crippen LogP contribution in [0.3, 0.4) is 0 Å². The third-order valence-corrected chi connectivity index (χ3v) is 5.01. The van der Waals surface area contributed by atoms with Crippen molar-refractivity contribution in [2.45, 2.75) is 19.5 Å². The number of aromatic nitrogens is 1. The molecule has 0 spiro atoms. The molecule has 1 aromatic heterocycles. The minimum Gasteiger partial charge on any atom is -0.298 e. The summed E-state index contributed by atoms with van der Waals surface area (Å²) in [5.74, 6) is 0.748. The molecule has 0 bridgehead atoms. The number of carbonyl (C=O) groups is 1. The van der Waals surface area contributed by atoms with E-state index in [1.54, 1.807) is 29.2 Å². The van der Waals surface area contributed by atoms with Gasteiger partial charge in [-0.05, 0) is 18.6 Å². The maximum atomic E-state index is 12.8. The first-order valence-corrected chi connectivity index (χ1v) is 9.15. The maximum Gasteiger partial charge on any atom is 0.276 e. The number of fused-ring (bicyclic) bond motifs is 2. The zero-order chi connectivity index (χ0) is 17.2. The quantitative estimate of drug-likeness (QED) is 0.907. The topological polar surface area (TPSA) is 70.0 Å². The summed E-state index contributed by atoms with van der Waals surface area (Å²) in [6, 6.07) is 11.5. The molecule has 25 heavy (non-hydrogen) atoms. The number of benzene rings is 1. The summed E-state index contributed by atoms with van der Waals surface area (Å²) in [7, 11) is 0. The molecule has 0 aliphatic carbocycles. The fourth-order valence-corrected chi connectivity index (χ4v) is 3.54. The van der Waals surface area contributed by atoms with E-state index in [-0.39, 0.29) is 5.91 Å². The van der Waals surface area contributed by atoms with Crippen molar-refractivity contribution in [3.8, 4) is 0 Å². The molecule has 2 aliphatic rings. The normalized spacial score (nSPS) is 18.7. The number of amidine groups is 1. The van der Waals surface area contributed by atoms with E-state index in [9.17, 15) is 4.79 Å². The number of pyridine rings is 1. The number of hydrogen-bond acceptors (Lipinski definition) is 6. The first kappa shape index (κ1) is 15.8. The highest BCUT2D eigenvalue weighted by Gasteiger charge is 2.34. The Labute approximate surface area is 149 Å². The van der Waals surface area contributed by atoms with Crippen LogP contribution < -0.4 is 15.9 Å². The number of hydrazone groups is 1. The molecular formula is C18H17N5OS. The number of rotatable bonds is 3. The van der Waals surface area contributed by atoms with E-state index in [4.69, 9.17) is 4.99 Å². The van der Waals surface area contributed by atoms with Gasteiger partial charge in [-0.3, -0.25) is 20.1 Å². The molecule has 126 valence electrons. The van der Waals surface area contributed by atoms with Crippen LogP contribution in [0.4, 0.5) is 0 Å². The lowest BCUT2D eigenvalue weighted by Crippen LogP contribution is -2.50. The summed E-state index contributed by atoms with van der Waals surface area (Å²) in [5, 5.41) is 11.5. The van der Waals surface area contributed by atoms with Crippen LogP contribution in [-0.2, 0) is 4.79 Å². The van der Waals surface area contributed by atoms with Gasteiger partial charge in [-0.15, -0.1) is 5.10 Å². The van der Waals surface area contributed by atoms with Crippen LogP contribution in [0.15, 0.2) is 58.9 Å². The summed E-state index contributed by atoms with van der Waals surface area (Å²) < 4.78 is 0. The third-order valence-electron chi connectivity index (χ3n) is 3.94. The molecule has 1 aromatic carbocycles. The van der Waals surface area contributed by atoms with E-state index in [1.165, 1.54) is 0 Å². The van der Waals surface area contributed by atoms with Crippen LogP contribution in [0.5, 0.6) is 0 Å². The summed E-state index contributed by atoms with van der Waals surface area (Å²) in [5.41, 5.74) is 1.42. The van der Waals surface area contributed by atoms with Crippen molar-refractivity contribution >= 4 is 28.5 Å². The Kier molecular flexibility index (Phi) is 4.23. The standard InChI is InChI=1S/C18H17N5OS/c1-2-10-25-18-21-17(24)15-13-7-3-4-8-14(13)20-16(23(15)22-18)12-6-5-9-19-11-12/h3-9,11,16H,2,10H2,1H3,(H,21,22,24)/t16-/m0/s1. The van der Waals surface area contributed by atoms with Crippen LogP contribution in [0.2, 0.25) is 0 Å². The molecule has 6 nitrogen and oxygen atoms in total. The third kappa shape index (κ3) is 2.91. The van der Waals surface area contributed by atoms with Gasteiger partial charge in [-0.2, -0.15) is 0 Å². The maximum absolute atomic E-state index is 12.8. The monoisotopic (exact) mass is 351 g/mol. The van der Waals surface area contributed by atoms with Gasteiger partial charge in [0.25, 0.3) is 5.91 Å². The van der Waals surface area contributed by atoms with Gasteiger partial charge < -0.3 is 0 Å². The van der Waals surface area contributed by atoms with Crippen molar-refractivity contribution in [2.75, 3.05) is 5.75 Å². The number of carbonyl (C=O) groups excluding carboxylic acids is 1. The van der Waals surface area contributed by atoms with Gasteiger partial charge in [0.05, 0.1) is 5.36 Å². The summed E-state index contributed by atoms with van der Waals surface area (Å²) in [6.45, 7) is 2.10. The molecule has 0 saturated carbocycles. The van der Waals surface area contributed by atoms with E-state index in [0.29, 0.717) is 10.9 Å². The minimum atomic E-state index is -0.401. The molecule has 2 aliphatic heterocycles. The van der Waals surface area contributed by atoms with E-state index < -0.39 is 6.17 Å². The van der Waals surface area contributed by atoms with Crippen molar-refractivity contribution in [2.24, 2.45) is 10.1 Å². The second-order valence-electron chi connectivity index (χ2n) is 5.71. The predicted molar refractivity (Wildman–Crippen MR) is 97.8 cm³/mol. The average Bonchev–Trinajstić information content (AvgIpc) is 2.66. The number of thioether (sulfide) groups is 1. The zero-order valence-corrected chi connectivity index (χ0v) is 14.5. The second kappa shape index (κ2) is 6.68. The Balaban J connectivity index is 1.90. The molecule has 0 radical (unpaired) electrons. The van der Waals surface area contributed by atoms with Crippen LogP contribution in [-0.4, -0.2) is 26.8 Å². The fourth-order valence-electron chi connectivity index (χ4n) is 2.84. The molecule has 4 rings (SSSR count). The van der Waals surface area contributed by atoms with Gasteiger partial charge in [0.1, 0.15) is 5.70 Å². The molecule has 0 saturated heterocycles. The minimum absolute atomic E-state index is 0.148. The number of nitrogens with zero attached hydrogens (tertiary/aromatic N) is 4. The van der Waals surface area contributed by atoms with Gasteiger partial charge in [0, 0.05) is 28.9 Å². The van der Waals surface area contributed by atoms with Crippen LogP contribution in [0.25, 0.3) is 5.70 Å². The Morgan fingerprint density at radius 2 is 2.12 bits per heavy atom. The van der Waals surface area contributed by atoms with Gasteiger partial charge in [0.2, 0.25) is 0 Å². The van der Waals surface area contributed by atoms with Gasteiger partial charge >= 0.3 is 0 Å². The van der Waals surface area contributed by atoms with Crippen LogP contribution in [0.1, 0.15) is 25.1 Å². The second-order valence-corrected chi connectivity index (χ2v) is 6.79. The fraction of sp³-hybridized carbons (Fsp3) is 0.222. The van der Waals surface area contributed by atoms with Crippen molar-refractivity contribution in [3.05, 3.63) is 64.9 Å². The first-order valence-electron chi connectivity index (χ1n) is 8.17. The average molecular weight is 351 g/mol. The number of amides is 1. The predicted octanol–water partition coefficient (Wildman–Crippen LogP) is 1.37. The zero-order valence-electron chi connectivity index (χ0n) is 13.7. The van der Waals surface area contributed by atoms with E-state index in [1.807, 2.05) is 36.4 Å². The van der Waals surface area contributed by atoms with Crippen molar-refractivity contribution in [1.29, 1.82) is 0 Å². The van der Waals surface area contributed by atoms with Gasteiger partial charge in [-0.25, -0.2) is 5.01 Å². The molecule has 7 heteroatoms. The molecule has 1 amide bonds. The summed E-state index contributed by atoms with van der Waals surface area (Å²) in [4.78, 5) is 21.8. The Hall–Kier alpha value is -2.67. The molecule has 3 heterocycles. The Morgan fingerprint density at radius 1 is 1.24 bits per heavy atom. The summed E-state index contributed by atoms with van der Waals surface area (Å²) in [6.07, 6.45) is 4.09. The van der Waals surface area contributed by atoms with Crippen LogP contribution >= 0.6 is 11.8 Å². The smallest absolute Gasteiger partial charge is 0.276 e. The largest absolute Gasteiger partial charge is 0.298 e. The van der Waals surface area contributed by atoms with Crippen molar-refractivity contribution in [3.63, 3.8) is 0 Å². The molecule has 1 N–H and O–H groups in total. The molecule has 0 unspecified atom stereocenters. The molecule has 2 aromatic rings. The lowest BCUT2D eigenvalue weighted by atomic mass is 10.1. The number of nitrogens with one attached hydrogen (secondary N) is 1. The van der Waals surface area contributed by atoms with E-state index in [0.717, 1.165) is 28.3 Å². The van der Waals surface area contributed by atoms with E-state index >= 15 is 0 Å². The highest BCUT2D eigenvalue weighted by atomic mass is 32.2. The lowest BCUT2D eigenvalue weighted by Gasteiger charge is -2.33. The highest BCUT2D eigenvalue weighted by Crippen LogP contribution is 2.30. The van der Waals surface area contributed by atoms with Gasteiger partial charge in [-0.1, -0.05) is 43.0 Å². The van der Waals surface area contributed by atoms with Crippen molar-refractivity contribution < 1.29 is 4.79 Å². The molecule has 1 atom stereocenters. The Bertz CT molecular complexity index is 957. The molecular weight excluding hydrogens is 334 g/mol.